The molecule has 0 bridgehead atoms. The number of likely N-dealkylation sites (N-methyl/N-ethyl adjacent to an activating group) is 1. The highest BCUT2D eigenvalue weighted by Crippen LogP contribution is 2.28. The Kier molecular flexibility index (Phi) is 3.87. The molecule has 5 nitrogen and oxygen atoms in total. The van der Waals surface area contributed by atoms with E-state index in [4.69, 9.17) is 9.26 Å². The number of hydrogen-bond acceptors (Lipinski definition) is 5. The van der Waals surface area contributed by atoms with Crippen molar-refractivity contribution in [3.63, 3.8) is 0 Å². The zero-order valence-electron chi connectivity index (χ0n) is 11.4. The average molecular weight is 338 g/mol. The molecule has 3 rings (SSSR count). The topological polar surface area (TPSA) is 60.2 Å². The SMILES string of the molecule is CNC1COCC1c1nc(-c2ccc(Br)cc2C)no1. The van der Waals surface area contributed by atoms with Gasteiger partial charge in [0.15, 0.2) is 0 Å². The fourth-order valence-electron chi connectivity index (χ4n) is 2.46. The molecule has 1 aromatic heterocycles. The van der Waals surface area contributed by atoms with Gasteiger partial charge in [0, 0.05) is 16.1 Å². The number of ether oxygens (including phenoxy) is 1. The minimum Gasteiger partial charge on any atom is -0.379 e. The van der Waals surface area contributed by atoms with Gasteiger partial charge in [-0.25, -0.2) is 0 Å². The molecule has 6 heteroatoms. The number of aromatic nitrogens is 2. The molecule has 106 valence electrons. The molecule has 20 heavy (non-hydrogen) atoms. The quantitative estimate of drug-likeness (QED) is 0.932. The summed E-state index contributed by atoms with van der Waals surface area (Å²) in [5.41, 5.74) is 2.10. The maximum absolute atomic E-state index is 5.47. The number of rotatable bonds is 3. The van der Waals surface area contributed by atoms with Gasteiger partial charge in [0.05, 0.1) is 19.1 Å². The van der Waals surface area contributed by atoms with Crippen molar-refractivity contribution < 1.29 is 9.26 Å². The van der Waals surface area contributed by atoms with Gasteiger partial charge in [-0.3, -0.25) is 0 Å². The molecule has 2 aromatic rings. The number of benzene rings is 1. The maximum Gasteiger partial charge on any atom is 0.234 e. The predicted octanol–water partition coefficient (Wildman–Crippen LogP) is 2.51. The van der Waals surface area contributed by atoms with Crippen LogP contribution in [0.4, 0.5) is 0 Å². The molecule has 1 N–H and O–H groups in total. The van der Waals surface area contributed by atoms with Crippen molar-refractivity contribution in [2.24, 2.45) is 0 Å². The zero-order valence-corrected chi connectivity index (χ0v) is 13.0. The van der Waals surface area contributed by atoms with E-state index in [-0.39, 0.29) is 12.0 Å². The van der Waals surface area contributed by atoms with Gasteiger partial charge in [0.1, 0.15) is 0 Å². The van der Waals surface area contributed by atoms with E-state index in [9.17, 15) is 0 Å². The summed E-state index contributed by atoms with van der Waals surface area (Å²) in [6.07, 6.45) is 0. The van der Waals surface area contributed by atoms with E-state index in [1.807, 2.05) is 32.2 Å². The van der Waals surface area contributed by atoms with Crippen LogP contribution in [-0.4, -0.2) is 36.4 Å². The molecule has 0 aliphatic carbocycles. The molecule has 1 saturated heterocycles. The summed E-state index contributed by atoms with van der Waals surface area (Å²) in [5.74, 6) is 1.39. The first-order valence-electron chi connectivity index (χ1n) is 6.54. The monoisotopic (exact) mass is 337 g/mol. The second-order valence-electron chi connectivity index (χ2n) is 4.95. The van der Waals surface area contributed by atoms with Crippen LogP contribution in [0.25, 0.3) is 11.4 Å². The Hall–Kier alpha value is -1.24. The van der Waals surface area contributed by atoms with Gasteiger partial charge in [0.25, 0.3) is 0 Å². The predicted molar refractivity (Wildman–Crippen MR) is 78.6 cm³/mol. The van der Waals surface area contributed by atoms with Gasteiger partial charge in [-0.05, 0) is 37.7 Å². The van der Waals surface area contributed by atoms with Crippen LogP contribution in [-0.2, 0) is 4.74 Å². The van der Waals surface area contributed by atoms with Gasteiger partial charge in [-0.15, -0.1) is 0 Å². The van der Waals surface area contributed by atoms with Gasteiger partial charge >= 0.3 is 0 Å². The smallest absolute Gasteiger partial charge is 0.234 e. The van der Waals surface area contributed by atoms with Crippen molar-refractivity contribution in [3.8, 4) is 11.4 Å². The van der Waals surface area contributed by atoms with Crippen LogP contribution in [0.5, 0.6) is 0 Å². The summed E-state index contributed by atoms with van der Waals surface area (Å²) < 4.78 is 11.9. The van der Waals surface area contributed by atoms with E-state index < -0.39 is 0 Å². The molecular weight excluding hydrogens is 322 g/mol. The molecule has 1 aliphatic heterocycles. The number of halogens is 1. The van der Waals surface area contributed by atoms with Crippen LogP contribution in [0, 0.1) is 6.92 Å². The van der Waals surface area contributed by atoms with Gasteiger partial charge in [-0.1, -0.05) is 21.1 Å². The summed E-state index contributed by atoms with van der Waals surface area (Å²) in [5, 5.41) is 7.33. The lowest BCUT2D eigenvalue weighted by molar-refractivity contribution is 0.185. The third-order valence-corrected chi connectivity index (χ3v) is 4.13. The van der Waals surface area contributed by atoms with Gasteiger partial charge in [-0.2, -0.15) is 4.98 Å². The minimum atomic E-state index is 0.122. The van der Waals surface area contributed by atoms with Gasteiger partial charge < -0.3 is 14.6 Å². The Morgan fingerprint density at radius 1 is 1.35 bits per heavy atom. The van der Waals surface area contributed by atoms with Crippen LogP contribution >= 0.6 is 15.9 Å². The van der Waals surface area contributed by atoms with Crippen molar-refractivity contribution in [3.05, 3.63) is 34.1 Å². The van der Waals surface area contributed by atoms with E-state index in [0.717, 1.165) is 15.6 Å². The van der Waals surface area contributed by atoms with Crippen molar-refractivity contribution in [2.45, 2.75) is 18.9 Å². The Labute approximate surface area is 125 Å². The van der Waals surface area contributed by atoms with Gasteiger partial charge in [0.2, 0.25) is 11.7 Å². The molecular formula is C14H16BrN3O2. The highest BCUT2D eigenvalue weighted by Gasteiger charge is 2.33. The molecule has 2 atom stereocenters. The van der Waals surface area contributed by atoms with Crippen LogP contribution < -0.4 is 5.32 Å². The van der Waals surface area contributed by atoms with Crippen LogP contribution in [0.15, 0.2) is 27.2 Å². The summed E-state index contributed by atoms with van der Waals surface area (Å²) in [7, 11) is 1.92. The zero-order chi connectivity index (χ0) is 14.1. The Balaban J connectivity index is 1.90. The number of aryl methyl sites for hydroxylation is 1. The lowest BCUT2D eigenvalue weighted by atomic mass is 10.0. The summed E-state index contributed by atoms with van der Waals surface area (Å²) in [4.78, 5) is 4.54. The Morgan fingerprint density at radius 3 is 2.95 bits per heavy atom. The molecule has 1 fully saturated rings. The molecule has 0 radical (unpaired) electrons. The molecule has 2 unspecified atom stereocenters. The molecule has 0 amide bonds. The fraction of sp³-hybridized carbons (Fsp3) is 0.429. The Morgan fingerprint density at radius 2 is 2.20 bits per heavy atom. The second-order valence-corrected chi connectivity index (χ2v) is 5.87. The molecule has 1 aliphatic rings. The average Bonchev–Trinajstić information content (AvgIpc) is 3.06. The number of hydrogen-bond donors (Lipinski definition) is 1. The largest absolute Gasteiger partial charge is 0.379 e. The molecule has 0 saturated carbocycles. The normalized spacial score (nSPS) is 22.4. The maximum atomic E-state index is 5.47. The van der Waals surface area contributed by atoms with E-state index in [2.05, 4.69) is 31.4 Å². The lowest BCUT2D eigenvalue weighted by Gasteiger charge is -2.11. The lowest BCUT2D eigenvalue weighted by Crippen LogP contribution is -2.31. The summed E-state index contributed by atoms with van der Waals surface area (Å²) in [6.45, 7) is 3.33. The van der Waals surface area contributed by atoms with Crippen molar-refractivity contribution >= 4 is 15.9 Å². The molecule has 2 heterocycles. The fourth-order valence-corrected chi connectivity index (χ4v) is 2.93. The van der Waals surface area contributed by atoms with Crippen LogP contribution in [0.1, 0.15) is 17.4 Å². The first-order valence-corrected chi connectivity index (χ1v) is 7.33. The Bertz CT molecular complexity index is 614. The van der Waals surface area contributed by atoms with Crippen molar-refractivity contribution in [1.29, 1.82) is 0 Å². The van der Waals surface area contributed by atoms with E-state index >= 15 is 0 Å². The van der Waals surface area contributed by atoms with E-state index in [0.29, 0.717) is 24.9 Å². The summed E-state index contributed by atoms with van der Waals surface area (Å²) in [6, 6.07) is 6.25. The van der Waals surface area contributed by atoms with Crippen LogP contribution in [0.3, 0.4) is 0 Å². The van der Waals surface area contributed by atoms with Crippen LogP contribution in [0.2, 0.25) is 0 Å². The van der Waals surface area contributed by atoms with Crippen molar-refractivity contribution in [2.75, 3.05) is 20.3 Å². The third-order valence-electron chi connectivity index (χ3n) is 3.64. The molecule has 1 aromatic carbocycles. The summed E-state index contributed by atoms with van der Waals surface area (Å²) >= 11 is 3.46. The second kappa shape index (κ2) is 5.63. The number of nitrogens with one attached hydrogen (secondary N) is 1. The molecule has 0 spiro atoms. The van der Waals surface area contributed by atoms with E-state index in [1.165, 1.54) is 0 Å². The first-order chi connectivity index (χ1) is 9.69. The number of nitrogens with zero attached hydrogens (tertiary/aromatic N) is 2. The first kappa shape index (κ1) is 13.7. The highest BCUT2D eigenvalue weighted by atomic mass is 79.9. The van der Waals surface area contributed by atoms with Crippen molar-refractivity contribution in [1.82, 2.24) is 15.5 Å². The standard InChI is InChI=1S/C14H16BrN3O2/c1-8-5-9(15)3-4-10(8)13-17-14(20-18-13)11-6-19-7-12(11)16-2/h3-5,11-12,16H,6-7H2,1-2H3. The third kappa shape index (κ3) is 2.51. The minimum absolute atomic E-state index is 0.122. The highest BCUT2D eigenvalue weighted by molar-refractivity contribution is 9.10. The van der Waals surface area contributed by atoms with E-state index in [1.54, 1.807) is 0 Å².